The van der Waals surface area contributed by atoms with Crippen LogP contribution >= 0.6 is 11.6 Å². The van der Waals surface area contributed by atoms with Crippen molar-refractivity contribution in [3.8, 4) is 0 Å². The molecule has 2 N–H and O–H groups in total. The van der Waals surface area contributed by atoms with Gasteiger partial charge >= 0.3 is 6.03 Å². The number of amides is 3. The fourth-order valence-electron chi connectivity index (χ4n) is 4.02. The zero-order valence-electron chi connectivity index (χ0n) is 18.1. The lowest BCUT2D eigenvalue weighted by atomic mass is 9.89. The third-order valence-corrected chi connectivity index (χ3v) is 6.07. The SMILES string of the molecule is O=C(NCc1ccccc1F)c1cccc([C@@H]2CCCN(C(=O)Nc3ccc(Cl)cc3)C2)c1. The second-order valence-corrected chi connectivity index (χ2v) is 8.56. The zero-order valence-corrected chi connectivity index (χ0v) is 18.8. The topological polar surface area (TPSA) is 61.4 Å². The average molecular weight is 466 g/mol. The van der Waals surface area contributed by atoms with Crippen LogP contribution in [0.2, 0.25) is 5.02 Å². The first kappa shape index (κ1) is 22.8. The van der Waals surface area contributed by atoms with Crippen molar-refractivity contribution in [3.63, 3.8) is 0 Å². The predicted octanol–water partition coefficient (Wildman–Crippen LogP) is 5.82. The van der Waals surface area contributed by atoms with E-state index in [0.717, 1.165) is 18.4 Å². The Labute approximate surface area is 197 Å². The average Bonchev–Trinajstić information content (AvgIpc) is 2.85. The van der Waals surface area contributed by atoms with Crippen LogP contribution in [0.3, 0.4) is 0 Å². The summed E-state index contributed by atoms with van der Waals surface area (Å²) in [6.07, 6.45) is 1.81. The Morgan fingerprint density at radius 1 is 1.03 bits per heavy atom. The van der Waals surface area contributed by atoms with Crippen molar-refractivity contribution in [3.05, 3.63) is 100 Å². The number of nitrogens with zero attached hydrogens (tertiary/aromatic N) is 1. The summed E-state index contributed by atoms with van der Waals surface area (Å²) in [5.74, 6) is -0.465. The number of carbonyl (C=O) groups is 2. The molecule has 0 saturated carbocycles. The fourth-order valence-corrected chi connectivity index (χ4v) is 4.15. The lowest BCUT2D eigenvalue weighted by molar-refractivity contribution is 0.0950. The van der Waals surface area contributed by atoms with Crippen LogP contribution in [0.4, 0.5) is 14.9 Å². The molecule has 1 heterocycles. The van der Waals surface area contributed by atoms with Gasteiger partial charge in [0.1, 0.15) is 5.82 Å². The largest absolute Gasteiger partial charge is 0.348 e. The molecule has 1 fully saturated rings. The summed E-state index contributed by atoms with van der Waals surface area (Å²) in [4.78, 5) is 27.2. The minimum absolute atomic E-state index is 0.123. The molecule has 170 valence electrons. The summed E-state index contributed by atoms with van der Waals surface area (Å²) < 4.78 is 13.8. The highest BCUT2D eigenvalue weighted by atomic mass is 35.5. The van der Waals surface area contributed by atoms with E-state index in [1.165, 1.54) is 6.07 Å². The van der Waals surface area contributed by atoms with Gasteiger partial charge in [-0.2, -0.15) is 0 Å². The number of benzene rings is 3. The molecule has 0 unspecified atom stereocenters. The Morgan fingerprint density at radius 3 is 2.61 bits per heavy atom. The van der Waals surface area contributed by atoms with Crippen LogP contribution in [0.5, 0.6) is 0 Å². The monoisotopic (exact) mass is 465 g/mol. The van der Waals surface area contributed by atoms with Gasteiger partial charge in [0.05, 0.1) is 0 Å². The number of carbonyl (C=O) groups excluding carboxylic acids is 2. The van der Waals surface area contributed by atoms with Gasteiger partial charge in [-0.25, -0.2) is 9.18 Å². The van der Waals surface area contributed by atoms with Crippen LogP contribution in [-0.4, -0.2) is 29.9 Å². The van der Waals surface area contributed by atoms with Crippen LogP contribution in [-0.2, 0) is 6.54 Å². The molecule has 3 amide bonds. The van der Waals surface area contributed by atoms with Crippen molar-refractivity contribution in [1.29, 1.82) is 0 Å². The number of piperidine rings is 1. The van der Waals surface area contributed by atoms with E-state index in [1.54, 1.807) is 53.4 Å². The van der Waals surface area contributed by atoms with E-state index < -0.39 is 0 Å². The summed E-state index contributed by atoms with van der Waals surface area (Å²) in [7, 11) is 0. The Bertz CT molecular complexity index is 1140. The first-order valence-corrected chi connectivity index (χ1v) is 11.3. The van der Waals surface area contributed by atoms with Gasteiger partial charge < -0.3 is 15.5 Å². The summed E-state index contributed by atoms with van der Waals surface area (Å²) in [5.41, 5.74) is 2.67. The predicted molar refractivity (Wildman–Crippen MR) is 128 cm³/mol. The Hall–Kier alpha value is -3.38. The molecule has 1 saturated heterocycles. The molecule has 4 rings (SSSR count). The standard InChI is InChI=1S/C26H25ClFN3O2/c27-22-10-12-23(13-11-22)30-26(33)31-14-4-8-21(17-31)18-6-3-7-19(15-18)25(32)29-16-20-5-1-2-9-24(20)28/h1-3,5-7,9-13,15,21H,4,8,14,16-17H2,(H,29,32)(H,30,33)/t21-/m1/s1. The normalized spacial score (nSPS) is 15.7. The van der Waals surface area contributed by atoms with Crippen molar-refractivity contribution in [2.75, 3.05) is 18.4 Å². The van der Waals surface area contributed by atoms with Gasteiger partial charge in [-0.15, -0.1) is 0 Å². The van der Waals surface area contributed by atoms with Gasteiger partial charge in [0.25, 0.3) is 5.91 Å². The molecule has 0 aliphatic carbocycles. The van der Waals surface area contributed by atoms with Crippen LogP contribution in [0.25, 0.3) is 0 Å². The van der Waals surface area contributed by atoms with Crippen LogP contribution < -0.4 is 10.6 Å². The number of hydrogen-bond acceptors (Lipinski definition) is 2. The molecule has 5 nitrogen and oxygen atoms in total. The maximum Gasteiger partial charge on any atom is 0.321 e. The van der Waals surface area contributed by atoms with Gasteiger partial charge in [0, 0.05) is 47.4 Å². The maximum atomic E-state index is 13.8. The van der Waals surface area contributed by atoms with Gasteiger partial charge in [-0.3, -0.25) is 4.79 Å². The molecule has 1 aliphatic heterocycles. The van der Waals surface area contributed by atoms with Gasteiger partial charge in [-0.05, 0) is 60.9 Å². The summed E-state index contributed by atoms with van der Waals surface area (Å²) >= 11 is 5.91. The van der Waals surface area contributed by atoms with Crippen LogP contribution in [0, 0.1) is 5.82 Å². The molecule has 1 atom stereocenters. The van der Waals surface area contributed by atoms with E-state index >= 15 is 0 Å². The first-order valence-electron chi connectivity index (χ1n) is 10.9. The van der Waals surface area contributed by atoms with Crippen molar-refractivity contribution >= 4 is 29.2 Å². The van der Waals surface area contributed by atoms with E-state index in [0.29, 0.717) is 34.9 Å². The molecule has 1 aliphatic rings. The van der Waals surface area contributed by atoms with E-state index in [4.69, 9.17) is 11.6 Å². The quantitative estimate of drug-likeness (QED) is 0.498. The fraction of sp³-hybridized carbons (Fsp3) is 0.231. The lowest BCUT2D eigenvalue weighted by Crippen LogP contribution is -2.41. The first-order chi connectivity index (χ1) is 16.0. The Balaban J connectivity index is 1.38. The summed E-state index contributed by atoms with van der Waals surface area (Å²) in [6, 6.07) is 20.7. The number of hydrogen-bond donors (Lipinski definition) is 2. The second-order valence-electron chi connectivity index (χ2n) is 8.12. The number of rotatable bonds is 5. The molecule has 3 aromatic rings. The maximum absolute atomic E-state index is 13.8. The summed E-state index contributed by atoms with van der Waals surface area (Å²) in [6.45, 7) is 1.37. The lowest BCUT2D eigenvalue weighted by Gasteiger charge is -2.33. The molecular weight excluding hydrogens is 441 g/mol. The number of likely N-dealkylation sites (tertiary alicyclic amines) is 1. The molecule has 0 spiro atoms. The summed E-state index contributed by atoms with van der Waals surface area (Å²) in [5, 5.41) is 6.31. The Morgan fingerprint density at radius 2 is 1.82 bits per heavy atom. The van der Waals surface area contributed by atoms with Crippen molar-refractivity contribution in [2.24, 2.45) is 0 Å². The third kappa shape index (κ3) is 5.90. The Kier molecular flexibility index (Phi) is 7.25. The van der Waals surface area contributed by atoms with Crippen molar-refractivity contribution in [2.45, 2.75) is 25.3 Å². The zero-order chi connectivity index (χ0) is 23.2. The van der Waals surface area contributed by atoms with Gasteiger partial charge in [-0.1, -0.05) is 41.9 Å². The van der Waals surface area contributed by atoms with E-state index in [2.05, 4.69) is 10.6 Å². The second kappa shape index (κ2) is 10.5. The highest BCUT2D eigenvalue weighted by molar-refractivity contribution is 6.30. The highest BCUT2D eigenvalue weighted by Gasteiger charge is 2.25. The molecule has 7 heteroatoms. The number of halogens is 2. The number of nitrogens with one attached hydrogen (secondary N) is 2. The van der Waals surface area contributed by atoms with Crippen molar-refractivity contribution < 1.29 is 14.0 Å². The smallest absolute Gasteiger partial charge is 0.321 e. The minimum atomic E-state index is -0.342. The minimum Gasteiger partial charge on any atom is -0.348 e. The number of anilines is 1. The molecule has 3 aromatic carbocycles. The van der Waals surface area contributed by atoms with Gasteiger partial charge in [0.2, 0.25) is 0 Å². The number of urea groups is 1. The highest BCUT2D eigenvalue weighted by Crippen LogP contribution is 2.28. The van der Waals surface area contributed by atoms with E-state index in [9.17, 15) is 14.0 Å². The van der Waals surface area contributed by atoms with E-state index in [1.807, 2.05) is 18.2 Å². The molecule has 33 heavy (non-hydrogen) atoms. The molecule has 0 bridgehead atoms. The molecule has 0 aromatic heterocycles. The van der Waals surface area contributed by atoms with Crippen molar-refractivity contribution in [1.82, 2.24) is 10.2 Å². The van der Waals surface area contributed by atoms with Crippen LogP contribution in [0.15, 0.2) is 72.8 Å². The van der Waals surface area contributed by atoms with Crippen LogP contribution in [0.1, 0.15) is 40.2 Å². The van der Waals surface area contributed by atoms with Gasteiger partial charge in [0.15, 0.2) is 0 Å². The molecular formula is C26H25ClFN3O2. The third-order valence-electron chi connectivity index (χ3n) is 5.82. The van der Waals surface area contributed by atoms with E-state index in [-0.39, 0.29) is 30.2 Å². The molecule has 0 radical (unpaired) electrons.